The van der Waals surface area contributed by atoms with Crippen molar-refractivity contribution in [1.82, 2.24) is 15.3 Å². The smallest absolute Gasteiger partial charge is 0.129 e. The zero-order chi connectivity index (χ0) is 12.1. The number of nitrogens with zero attached hydrogens (tertiary/aromatic N) is 2. The lowest BCUT2D eigenvalue weighted by atomic mass is 10.1. The van der Waals surface area contributed by atoms with Gasteiger partial charge in [0.25, 0.3) is 0 Å². The molecular weight excluding hydrogens is 212 g/mol. The maximum atomic E-state index is 4.26. The molecule has 0 saturated carbocycles. The Kier molecular flexibility index (Phi) is 4.09. The zero-order valence-electron chi connectivity index (χ0n) is 10.5. The predicted octanol–water partition coefficient (Wildman–Crippen LogP) is 1.93. The SMILES string of the molecule is CC(C)c1cc(NCC2=CCNCC2)ncn1. The average molecular weight is 232 g/mol. The molecule has 1 aromatic rings. The number of hydrogen-bond donors (Lipinski definition) is 2. The lowest BCUT2D eigenvalue weighted by molar-refractivity contribution is 0.697. The van der Waals surface area contributed by atoms with Crippen molar-refractivity contribution in [2.45, 2.75) is 26.2 Å². The lowest BCUT2D eigenvalue weighted by Crippen LogP contribution is -2.23. The van der Waals surface area contributed by atoms with Crippen molar-refractivity contribution in [2.75, 3.05) is 25.0 Å². The van der Waals surface area contributed by atoms with Crippen LogP contribution in [0.3, 0.4) is 0 Å². The fourth-order valence-corrected chi connectivity index (χ4v) is 1.82. The summed E-state index contributed by atoms with van der Waals surface area (Å²) in [6.07, 6.45) is 5.00. The number of hydrogen-bond acceptors (Lipinski definition) is 4. The van der Waals surface area contributed by atoms with E-state index in [-0.39, 0.29) is 0 Å². The van der Waals surface area contributed by atoms with E-state index in [2.05, 4.69) is 40.5 Å². The third kappa shape index (κ3) is 3.53. The molecule has 1 aliphatic heterocycles. The summed E-state index contributed by atoms with van der Waals surface area (Å²) in [4.78, 5) is 8.50. The molecule has 92 valence electrons. The van der Waals surface area contributed by atoms with Crippen LogP contribution in [0, 0.1) is 0 Å². The molecule has 0 aliphatic carbocycles. The van der Waals surface area contributed by atoms with E-state index in [0.29, 0.717) is 5.92 Å². The molecule has 4 heteroatoms. The Labute approximate surface area is 103 Å². The fourth-order valence-electron chi connectivity index (χ4n) is 1.82. The van der Waals surface area contributed by atoms with Gasteiger partial charge in [-0.05, 0) is 18.9 Å². The zero-order valence-corrected chi connectivity index (χ0v) is 10.5. The van der Waals surface area contributed by atoms with Gasteiger partial charge >= 0.3 is 0 Å². The second kappa shape index (κ2) is 5.77. The summed E-state index contributed by atoms with van der Waals surface area (Å²) in [6, 6.07) is 2.03. The molecule has 2 heterocycles. The lowest BCUT2D eigenvalue weighted by Gasteiger charge is -2.15. The van der Waals surface area contributed by atoms with Gasteiger partial charge in [-0.15, -0.1) is 0 Å². The van der Waals surface area contributed by atoms with Crippen molar-refractivity contribution in [3.63, 3.8) is 0 Å². The Balaban J connectivity index is 1.94. The highest BCUT2D eigenvalue weighted by atomic mass is 15.0. The molecular formula is C13H20N4. The van der Waals surface area contributed by atoms with Crippen LogP contribution in [-0.4, -0.2) is 29.6 Å². The van der Waals surface area contributed by atoms with Gasteiger partial charge in [0.15, 0.2) is 0 Å². The van der Waals surface area contributed by atoms with Gasteiger partial charge in [-0.2, -0.15) is 0 Å². The minimum atomic E-state index is 0.441. The van der Waals surface area contributed by atoms with Gasteiger partial charge in [0.2, 0.25) is 0 Å². The molecule has 4 nitrogen and oxygen atoms in total. The van der Waals surface area contributed by atoms with Gasteiger partial charge in [-0.3, -0.25) is 0 Å². The predicted molar refractivity (Wildman–Crippen MR) is 70.2 cm³/mol. The number of nitrogens with one attached hydrogen (secondary N) is 2. The Bertz CT molecular complexity index is 398. The molecule has 0 spiro atoms. The van der Waals surface area contributed by atoms with Crippen LogP contribution in [0.15, 0.2) is 24.0 Å². The highest BCUT2D eigenvalue weighted by Crippen LogP contribution is 2.14. The molecule has 0 unspecified atom stereocenters. The molecule has 1 aliphatic rings. The third-order valence-electron chi connectivity index (χ3n) is 2.93. The van der Waals surface area contributed by atoms with Crippen molar-refractivity contribution >= 4 is 5.82 Å². The average Bonchev–Trinajstić information content (AvgIpc) is 2.38. The highest BCUT2D eigenvalue weighted by molar-refractivity contribution is 5.37. The molecule has 1 aromatic heterocycles. The minimum Gasteiger partial charge on any atom is -0.366 e. The molecule has 17 heavy (non-hydrogen) atoms. The first kappa shape index (κ1) is 12.0. The van der Waals surface area contributed by atoms with E-state index in [1.54, 1.807) is 6.33 Å². The molecule has 0 bridgehead atoms. The second-order valence-corrected chi connectivity index (χ2v) is 4.65. The molecule has 0 fully saturated rings. The molecule has 0 amide bonds. The molecule has 0 radical (unpaired) electrons. The van der Waals surface area contributed by atoms with Gasteiger partial charge in [-0.25, -0.2) is 9.97 Å². The second-order valence-electron chi connectivity index (χ2n) is 4.65. The molecule has 0 atom stereocenters. The summed E-state index contributed by atoms with van der Waals surface area (Å²) >= 11 is 0. The minimum absolute atomic E-state index is 0.441. The van der Waals surface area contributed by atoms with Crippen LogP contribution < -0.4 is 10.6 Å². The van der Waals surface area contributed by atoms with Crippen molar-refractivity contribution in [2.24, 2.45) is 0 Å². The van der Waals surface area contributed by atoms with Crippen LogP contribution >= 0.6 is 0 Å². The topological polar surface area (TPSA) is 49.8 Å². The van der Waals surface area contributed by atoms with Crippen LogP contribution in [0.4, 0.5) is 5.82 Å². The van der Waals surface area contributed by atoms with Crippen molar-refractivity contribution in [1.29, 1.82) is 0 Å². The molecule has 0 saturated heterocycles. The molecule has 2 rings (SSSR count). The normalized spacial score (nSPS) is 15.8. The van der Waals surface area contributed by atoms with Gasteiger partial charge in [0.1, 0.15) is 12.1 Å². The van der Waals surface area contributed by atoms with Crippen molar-refractivity contribution in [3.8, 4) is 0 Å². The van der Waals surface area contributed by atoms with Crippen LogP contribution in [-0.2, 0) is 0 Å². The van der Waals surface area contributed by atoms with Crippen molar-refractivity contribution < 1.29 is 0 Å². The van der Waals surface area contributed by atoms with Crippen LogP contribution in [0.5, 0.6) is 0 Å². The van der Waals surface area contributed by atoms with Crippen LogP contribution in [0.1, 0.15) is 31.9 Å². The van der Waals surface area contributed by atoms with E-state index < -0.39 is 0 Å². The van der Waals surface area contributed by atoms with Gasteiger partial charge in [-0.1, -0.05) is 25.5 Å². The third-order valence-corrected chi connectivity index (χ3v) is 2.93. The van der Waals surface area contributed by atoms with E-state index in [1.165, 1.54) is 5.57 Å². The number of anilines is 1. The fraction of sp³-hybridized carbons (Fsp3) is 0.538. The number of aromatic nitrogens is 2. The molecule has 2 N–H and O–H groups in total. The Morgan fingerprint density at radius 3 is 3.00 bits per heavy atom. The quantitative estimate of drug-likeness (QED) is 0.779. The van der Waals surface area contributed by atoms with Crippen molar-refractivity contribution in [3.05, 3.63) is 29.7 Å². The van der Waals surface area contributed by atoms with E-state index >= 15 is 0 Å². The maximum Gasteiger partial charge on any atom is 0.129 e. The standard InChI is InChI=1S/C13H20N4/c1-10(2)12-7-13(17-9-16-12)15-8-11-3-5-14-6-4-11/h3,7,9-10,14H,4-6,8H2,1-2H3,(H,15,16,17). The maximum absolute atomic E-state index is 4.26. The first-order chi connectivity index (χ1) is 8.25. The summed E-state index contributed by atoms with van der Waals surface area (Å²) in [5, 5.41) is 6.67. The van der Waals surface area contributed by atoms with E-state index in [0.717, 1.165) is 37.6 Å². The Morgan fingerprint density at radius 1 is 1.41 bits per heavy atom. The number of rotatable bonds is 4. The molecule has 0 aromatic carbocycles. The van der Waals surface area contributed by atoms with Gasteiger partial charge in [0.05, 0.1) is 0 Å². The first-order valence-electron chi connectivity index (χ1n) is 6.20. The summed E-state index contributed by atoms with van der Waals surface area (Å²) in [6.45, 7) is 7.23. The highest BCUT2D eigenvalue weighted by Gasteiger charge is 2.05. The van der Waals surface area contributed by atoms with E-state index in [9.17, 15) is 0 Å². The van der Waals surface area contributed by atoms with E-state index in [1.807, 2.05) is 6.07 Å². The van der Waals surface area contributed by atoms with Gasteiger partial charge in [0, 0.05) is 24.8 Å². The largest absolute Gasteiger partial charge is 0.366 e. The monoisotopic (exact) mass is 232 g/mol. The van der Waals surface area contributed by atoms with Crippen LogP contribution in [0.25, 0.3) is 0 Å². The summed E-state index contributed by atoms with van der Waals surface area (Å²) in [7, 11) is 0. The van der Waals surface area contributed by atoms with Gasteiger partial charge < -0.3 is 10.6 Å². The Hall–Kier alpha value is -1.42. The summed E-state index contributed by atoms with van der Waals surface area (Å²) in [5.41, 5.74) is 2.54. The summed E-state index contributed by atoms with van der Waals surface area (Å²) in [5.74, 6) is 1.36. The first-order valence-corrected chi connectivity index (χ1v) is 6.20. The summed E-state index contributed by atoms with van der Waals surface area (Å²) < 4.78 is 0. The van der Waals surface area contributed by atoms with Crippen LogP contribution in [0.2, 0.25) is 0 Å². The van der Waals surface area contributed by atoms with E-state index in [4.69, 9.17) is 0 Å². The Morgan fingerprint density at radius 2 is 2.29 bits per heavy atom.